The molecule has 22 heavy (non-hydrogen) atoms. The maximum absolute atomic E-state index is 5.77. The van der Waals surface area contributed by atoms with E-state index in [0.717, 1.165) is 35.5 Å². The van der Waals surface area contributed by atoms with E-state index in [4.69, 9.17) is 4.74 Å². The van der Waals surface area contributed by atoms with Crippen LogP contribution in [0.5, 0.6) is 5.75 Å². The normalized spacial score (nSPS) is 10.6. The first-order valence-electron chi connectivity index (χ1n) is 7.29. The SMILES string of the molecule is Ic1ccc(OCCCc2[nH]cnc2-c2ccccc2)cc1. The lowest BCUT2D eigenvalue weighted by Gasteiger charge is -2.06. The lowest BCUT2D eigenvalue weighted by molar-refractivity contribution is 0.310. The van der Waals surface area contributed by atoms with E-state index in [-0.39, 0.29) is 0 Å². The number of rotatable bonds is 6. The van der Waals surface area contributed by atoms with Gasteiger partial charge in [0, 0.05) is 14.8 Å². The van der Waals surface area contributed by atoms with Crippen molar-refractivity contribution in [1.29, 1.82) is 0 Å². The van der Waals surface area contributed by atoms with Gasteiger partial charge in [-0.15, -0.1) is 0 Å². The summed E-state index contributed by atoms with van der Waals surface area (Å²) in [6, 6.07) is 18.4. The van der Waals surface area contributed by atoms with Gasteiger partial charge in [0.2, 0.25) is 0 Å². The largest absolute Gasteiger partial charge is 0.494 e. The molecule has 2 aromatic carbocycles. The summed E-state index contributed by atoms with van der Waals surface area (Å²) in [6.07, 6.45) is 3.64. The van der Waals surface area contributed by atoms with Crippen molar-refractivity contribution in [3.8, 4) is 17.0 Å². The van der Waals surface area contributed by atoms with Crippen LogP contribution in [0.3, 0.4) is 0 Å². The number of aryl methyl sites for hydroxylation is 1. The Balaban J connectivity index is 1.54. The number of ether oxygens (including phenoxy) is 1. The van der Waals surface area contributed by atoms with Crippen molar-refractivity contribution in [2.75, 3.05) is 6.61 Å². The van der Waals surface area contributed by atoms with Gasteiger partial charge < -0.3 is 9.72 Å². The molecule has 1 aromatic heterocycles. The maximum Gasteiger partial charge on any atom is 0.119 e. The molecule has 0 bridgehead atoms. The molecule has 3 nitrogen and oxygen atoms in total. The quantitative estimate of drug-likeness (QED) is 0.478. The van der Waals surface area contributed by atoms with Gasteiger partial charge in [0.25, 0.3) is 0 Å². The Hall–Kier alpha value is -1.82. The van der Waals surface area contributed by atoms with E-state index < -0.39 is 0 Å². The molecule has 0 unspecified atom stereocenters. The van der Waals surface area contributed by atoms with E-state index in [2.05, 4.69) is 56.8 Å². The lowest BCUT2D eigenvalue weighted by atomic mass is 10.1. The number of hydrogen-bond acceptors (Lipinski definition) is 2. The van der Waals surface area contributed by atoms with Crippen LogP contribution >= 0.6 is 22.6 Å². The Morgan fingerprint density at radius 3 is 2.55 bits per heavy atom. The average molecular weight is 404 g/mol. The van der Waals surface area contributed by atoms with Crippen LogP contribution in [-0.4, -0.2) is 16.6 Å². The summed E-state index contributed by atoms with van der Waals surface area (Å²) >= 11 is 2.29. The van der Waals surface area contributed by atoms with Crippen molar-refractivity contribution in [1.82, 2.24) is 9.97 Å². The number of nitrogens with one attached hydrogen (secondary N) is 1. The second-order valence-corrected chi connectivity index (χ2v) is 6.25. The number of benzene rings is 2. The highest BCUT2D eigenvalue weighted by Gasteiger charge is 2.07. The number of aromatic amines is 1. The zero-order chi connectivity index (χ0) is 15.2. The molecular weight excluding hydrogens is 387 g/mol. The first-order chi connectivity index (χ1) is 10.8. The first-order valence-corrected chi connectivity index (χ1v) is 8.37. The number of imidazole rings is 1. The van der Waals surface area contributed by atoms with Crippen molar-refractivity contribution in [3.63, 3.8) is 0 Å². The first kappa shape index (κ1) is 15.1. The minimum Gasteiger partial charge on any atom is -0.494 e. The molecule has 0 aliphatic rings. The van der Waals surface area contributed by atoms with Crippen molar-refractivity contribution < 1.29 is 4.74 Å². The van der Waals surface area contributed by atoms with Crippen LogP contribution in [0, 0.1) is 3.57 Å². The molecule has 0 fully saturated rings. The summed E-state index contributed by atoms with van der Waals surface area (Å²) in [5.74, 6) is 0.924. The number of halogens is 1. The van der Waals surface area contributed by atoms with E-state index in [1.165, 1.54) is 3.57 Å². The molecule has 0 saturated carbocycles. The van der Waals surface area contributed by atoms with Crippen LogP contribution in [-0.2, 0) is 6.42 Å². The summed E-state index contributed by atoms with van der Waals surface area (Å²) in [5.41, 5.74) is 3.35. The van der Waals surface area contributed by atoms with Crippen molar-refractivity contribution >= 4 is 22.6 Å². The van der Waals surface area contributed by atoms with E-state index in [9.17, 15) is 0 Å². The van der Waals surface area contributed by atoms with E-state index in [1.54, 1.807) is 6.33 Å². The van der Waals surface area contributed by atoms with Crippen LogP contribution in [0.2, 0.25) is 0 Å². The minimum absolute atomic E-state index is 0.702. The molecule has 0 saturated heterocycles. The third kappa shape index (κ3) is 3.88. The number of nitrogens with zero attached hydrogens (tertiary/aromatic N) is 1. The number of aromatic nitrogens is 2. The summed E-state index contributed by atoms with van der Waals surface area (Å²) in [6.45, 7) is 0.702. The van der Waals surface area contributed by atoms with E-state index in [0.29, 0.717) is 6.61 Å². The molecule has 4 heteroatoms. The third-order valence-electron chi connectivity index (χ3n) is 3.42. The van der Waals surface area contributed by atoms with Crippen LogP contribution < -0.4 is 4.74 Å². The number of hydrogen-bond donors (Lipinski definition) is 1. The molecule has 0 amide bonds. The van der Waals surface area contributed by atoms with Gasteiger partial charge in [0.15, 0.2) is 0 Å². The van der Waals surface area contributed by atoms with Crippen molar-refractivity contribution in [3.05, 3.63) is 70.2 Å². The van der Waals surface area contributed by atoms with Crippen LogP contribution in [0.4, 0.5) is 0 Å². The molecule has 0 atom stereocenters. The third-order valence-corrected chi connectivity index (χ3v) is 4.14. The van der Waals surface area contributed by atoms with Gasteiger partial charge >= 0.3 is 0 Å². The van der Waals surface area contributed by atoms with Crippen LogP contribution in [0.15, 0.2) is 60.9 Å². The molecule has 0 aliphatic heterocycles. The van der Waals surface area contributed by atoms with Crippen molar-refractivity contribution in [2.45, 2.75) is 12.8 Å². The Kier molecular flexibility index (Phi) is 5.11. The van der Waals surface area contributed by atoms with Gasteiger partial charge in [0.05, 0.1) is 18.6 Å². The fourth-order valence-electron chi connectivity index (χ4n) is 2.33. The molecule has 0 radical (unpaired) electrons. The molecule has 3 aromatic rings. The summed E-state index contributed by atoms with van der Waals surface area (Å²) < 4.78 is 6.98. The summed E-state index contributed by atoms with van der Waals surface area (Å²) in [5, 5.41) is 0. The predicted octanol–water partition coefficient (Wildman–Crippen LogP) is 4.69. The molecule has 112 valence electrons. The molecule has 0 aliphatic carbocycles. The average Bonchev–Trinajstić information content (AvgIpc) is 3.02. The molecule has 1 N–H and O–H groups in total. The van der Waals surface area contributed by atoms with Crippen LogP contribution in [0.1, 0.15) is 12.1 Å². The standard InChI is InChI=1S/C18H17IN2O/c19-15-8-10-16(11-9-15)22-12-4-7-17-18(21-13-20-17)14-5-2-1-3-6-14/h1-3,5-6,8-11,13H,4,7,12H2,(H,20,21). The fourth-order valence-corrected chi connectivity index (χ4v) is 2.69. The lowest BCUT2D eigenvalue weighted by Crippen LogP contribution is -2.00. The highest BCUT2D eigenvalue weighted by atomic mass is 127. The monoisotopic (exact) mass is 404 g/mol. The minimum atomic E-state index is 0.702. The molecule has 0 spiro atoms. The van der Waals surface area contributed by atoms with Gasteiger partial charge in [-0.1, -0.05) is 30.3 Å². The van der Waals surface area contributed by atoms with Gasteiger partial charge in [-0.25, -0.2) is 4.98 Å². The molecule has 1 heterocycles. The zero-order valence-electron chi connectivity index (χ0n) is 12.1. The van der Waals surface area contributed by atoms with Gasteiger partial charge in [-0.2, -0.15) is 0 Å². The summed E-state index contributed by atoms with van der Waals surface area (Å²) in [7, 11) is 0. The predicted molar refractivity (Wildman–Crippen MR) is 97.0 cm³/mol. The topological polar surface area (TPSA) is 37.9 Å². The second-order valence-electron chi connectivity index (χ2n) is 5.00. The molecular formula is C18H17IN2O. The second kappa shape index (κ2) is 7.45. The fraction of sp³-hybridized carbons (Fsp3) is 0.167. The van der Waals surface area contributed by atoms with Crippen LogP contribution in [0.25, 0.3) is 11.3 Å². The Bertz CT molecular complexity index is 707. The Labute approximate surface area is 143 Å². The van der Waals surface area contributed by atoms with E-state index >= 15 is 0 Å². The number of H-pyrrole nitrogens is 1. The summed E-state index contributed by atoms with van der Waals surface area (Å²) in [4.78, 5) is 7.68. The molecule has 3 rings (SSSR count). The Morgan fingerprint density at radius 2 is 1.77 bits per heavy atom. The zero-order valence-corrected chi connectivity index (χ0v) is 14.3. The maximum atomic E-state index is 5.77. The van der Waals surface area contributed by atoms with Gasteiger partial charge in [-0.3, -0.25) is 0 Å². The highest BCUT2D eigenvalue weighted by molar-refractivity contribution is 14.1. The van der Waals surface area contributed by atoms with Gasteiger partial charge in [0.1, 0.15) is 5.75 Å². The Morgan fingerprint density at radius 1 is 1.00 bits per heavy atom. The smallest absolute Gasteiger partial charge is 0.119 e. The highest BCUT2D eigenvalue weighted by Crippen LogP contribution is 2.21. The van der Waals surface area contributed by atoms with E-state index in [1.807, 2.05) is 30.3 Å². The van der Waals surface area contributed by atoms with Gasteiger partial charge in [-0.05, 0) is 59.7 Å². The van der Waals surface area contributed by atoms with Crippen molar-refractivity contribution in [2.24, 2.45) is 0 Å².